The Bertz CT molecular complexity index is 1960. The SMILES string of the molecule is C=C(C)c1ccc(-c2nccc3[nH]c(-c4n[nH]c5ccc(-c6cncc(NC(=C)C7CCCC7)c6)c(F)c45)nc23)s1. The maximum absolute atomic E-state index is 16.3. The molecule has 7 rings (SSSR count). The summed E-state index contributed by atoms with van der Waals surface area (Å²) in [5.74, 6) is 0.547. The lowest BCUT2D eigenvalue weighted by Gasteiger charge is -2.16. The molecule has 1 saturated carbocycles. The van der Waals surface area contributed by atoms with Crippen LogP contribution in [0.15, 0.2) is 73.8 Å². The van der Waals surface area contributed by atoms with Crippen molar-refractivity contribution in [1.82, 2.24) is 30.1 Å². The van der Waals surface area contributed by atoms with Gasteiger partial charge in [-0.3, -0.25) is 15.1 Å². The quantitative estimate of drug-likeness (QED) is 0.181. The monoisotopic (exact) mass is 561 g/mol. The molecule has 0 spiro atoms. The third-order valence-corrected chi connectivity index (χ3v) is 9.01. The smallest absolute Gasteiger partial charge is 0.159 e. The first kappa shape index (κ1) is 25.3. The molecule has 204 valence electrons. The van der Waals surface area contributed by atoms with Gasteiger partial charge in [0.2, 0.25) is 0 Å². The minimum Gasteiger partial charge on any atom is -0.358 e. The number of pyridine rings is 2. The van der Waals surface area contributed by atoms with Crippen LogP contribution in [-0.2, 0) is 0 Å². The molecule has 6 aromatic rings. The van der Waals surface area contributed by atoms with E-state index in [0.717, 1.165) is 50.8 Å². The molecule has 5 heterocycles. The number of nitrogens with zero attached hydrogens (tertiary/aromatic N) is 4. The Morgan fingerprint density at radius 3 is 2.71 bits per heavy atom. The van der Waals surface area contributed by atoms with E-state index in [1.807, 2.05) is 37.3 Å². The lowest BCUT2D eigenvalue weighted by atomic mass is 10.0. The second-order valence-corrected chi connectivity index (χ2v) is 11.7. The van der Waals surface area contributed by atoms with Crippen LogP contribution in [0, 0.1) is 11.7 Å². The number of aromatic amines is 2. The molecular weight excluding hydrogens is 533 g/mol. The summed E-state index contributed by atoms with van der Waals surface area (Å²) in [6.07, 6.45) is 9.93. The molecule has 1 aliphatic carbocycles. The third-order valence-electron chi connectivity index (χ3n) is 7.75. The Hall–Kier alpha value is -4.63. The number of nitrogens with one attached hydrogen (secondary N) is 3. The van der Waals surface area contributed by atoms with Gasteiger partial charge in [0.25, 0.3) is 0 Å². The second kappa shape index (κ2) is 10.1. The van der Waals surface area contributed by atoms with Gasteiger partial charge < -0.3 is 10.3 Å². The molecule has 0 amide bonds. The molecule has 7 nitrogen and oxygen atoms in total. The Balaban J connectivity index is 1.27. The summed E-state index contributed by atoms with van der Waals surface area (Å²) in [5.41, 5.74) is 7.16. The van der Waals surface area contributed by atoms with Gasteiger partial charge in [0.15, 0.2) is 5.82 Å². The van der Waals surface area contributed by atoms with Crippen LogP contribution < -0.4 is 5.32 Å². The predicted octanol–water partition coefficient (Wildman–Crippen LogP) is 8.58. The van der Waals surface area contributed by atoms with Crippen LogP contribution in [0.3, 0.4) is 0 Å². The zero-order chi connectivity index (χ0) is 28.1. The summed E-state index contributed by atoms with van der Waals surface area (Å²) in [6, 6.07) is 11.4. The van der Waals surface area contributed by atoms with E-state index in [4.69, 9.17) is 4.98 Å². The van der Waals surface area contributed by atoms with Crippen molar-refractivity contribution >= 4 is 44.5 Å². The van der Waals surface area contributed by atoms with Crippen molar-refractivity contribution in [2.24, 2.45) is 5.92 Å². The minimum absolute atomic E-state index is 0.366. The molecule has 1 aliphatic rings. The zero-order valence-electron chi connectivity index (χ0n) is 22.6. The average Bonchev–Trinajstić information content (AvgIpc) is 3.78. The van der Waals surface area contributed by atoms with Gasteiger partial charge in [-0.15, -0.1) is 11.3 Å². The molecule has 0 saturated heterocycles. The molecule has 0 bridgehead atoms. The summed E-state index contributed by atoms with van der Waals surface area (Å²) < 4.78 is 16.3. The van der Waals surface area contributed by atoms with Crippen molar-refractivity contribution in [2.45, 2.75) is 32.6 Å². The largest absolute Gasteiger partial charge is 0.358 e. The summed E-state index contributed by atoms with van der Waals surface area (Å²) in [7, 11) is 0. The number of halogens is 1. The van der Waals surface area contributed by atoms with Crippen molar-refractivity contribution in [3.8, 4) is 33.2 Å². The van der Waals surface area contributed by atoms with Crippen LogP contribution in [-0.4, -0.2) is 30.1 Å². The van der Waals surface area contributed by atoms with Gasteiger partial charge in [-0.25, -0.2) is 9.37 Å². The Morgan fingerprint density at radius 2 is 1.90 bits per heavy atom. The normalized spacial score (nSPS) is 13.8. The summed E-state index contributed by atoms with van der Waals surface area (Å²) in [6.45, 7) is 10.3. The number of benzene rings is 1. The highest BCUT2D eigenvalue weighted by Gasteiger charge is 2.22. The zero-order valence-corrected chi connectivity index (χ0v) is 23.4. The first-order valence-corrected chi connectivity index (χ1v) is 14.5. The average molecular weight is 562 g/mol. The van der Waals surface area contributed by atoms with Gasteiger partial charge >= 0.3 is 0 Å². The molecular formula is C32H28FN7S. The number of rotatable bonds is 7. The molecule has 9 heteroatoms. The first-order chi connectivity index (χ1) is 20.0. The van der Waals surface area contributed by atoms with Crippen LogP contribution in [0.2, 0.25) is 0 Å². The number of H-pyrrole nitrogens is 2. The van der Waals surface area contributed by atoms with E-state index in [1.165, 1.54) is 12.8 Å². The topological polar surface area (TPSA) is 95.2 Å². The Morgan fingerprint density at radius 1 is 1.05 bits per heavy atom. The number of hydrogen-bond acceptors (Lipinski definition) is 6. The number of hydrogen-bond donors (Lipinski definition) is 3. The molecule has 1 fully saturated rings. The van der Waals surface area contributed by atoms with E-state index in [-0.39, 0.29) is 5.82 Å². The van der Waals surface area contributed by atoms with Crippen molar-refractivity contribution in [2.75, 3.05) is 5.32 Å². The summed E-state index contributed by atoms with van der Waals surface area (Å²) in [5, 5.41) is 11.2. The number of thiophene rings is 1. The fourth-order valence-electron chi connectivity index (χ4n) is 5.61. The highest BCUT2D eigenvalue weighted by molar-refractivity contribution is 7.16. The van der Waals surface area contributed by atoms with Gasteiger partial charge in [-0.2, -0.15) is 5.10 Å². The van der Waals surface area contributed by atoms with Crippen LogP contribution in [0.5, 0.6) is 0 Å². The van der Waals surface area contributed by atoms with E-state index in [9.17, 15) is 0 Å². The molecule has 1 aromatic carbocycles. The minimum atomic E-state index is -0.386. The standard InChI is InChI=1S/C32H28FN7S/c1-17(2)25-10-11-26(41-25)30-29-24(12-13-35-30)37-32(38-29)31-27-23(39-40-31)9-8-22(28(27)33)20-14-21(16-34-15-20)36-18(3)19-6-4-5-7-19/h8-16,19,36H,1,3-7H2,2H3,(H,37,38)(H,39,40). The molecule has 0 aliphatic heterocycles. The fraction of sp³-hybridized carbons (Fsp3) is 0.188. The fourth-order valence-corrected chi connectivity index (χ4v) is 6.54. The van der Waals surface area contributed by atoms with Crippen LogP contribution >= 0.6 is 11.3 Å². The number of aromatic nitrogens is 6. The highest BCUT2D eigenvalue weighted by atomic mass is 32.1. The molecule has 5 aromatic heterocycles. The van der Waals surface area contributed by atoms with Crippen molar-refractivity contribution < 1.29 is 4.39 Å². The van der Waals surface area contributed by atoms with E-state index < -0.39 is 0 Å². The number of anilines is 1. The molecule has 0 unspecified atom stereocenters. The Kier molecular flexibility index (Phi) is 6.23. The van der Waals surface area contributed by atoms with E-state index in [2.05, 4.69) is 43.6 Å². The van der Waals surface area contributed by atoms with Gasteiger partial charge in [0.05, 0.1) is 33.2 Å². The third kappa shape index (κ3) is 4.52. The number of fused-ring (bicyclic) bond motifs is 2. The van der Waals surface area contributed by atoms with E-state index in [0.29, 0.717) is 45.0 Å². The first-order valence-electron chi connectivity index (χ1n) is 13.7. The lowest BCUT2D eigenvalue weighted by molar-refractivity contribution is 0.643. The lowest BCUT2D eigenvalue weighted by Crippen LogP contribution is -2.07. The van der Waals surface area contributed by atoms with E-state index in [1.54, 1.807) is 36.0 Å². The summed E-state index contributed by atoms with van der Waals surface area (Å²) >= 11 is 1.62. The van der Waals surface area contributed by atoms with Crippen molar-refractivity contribution in [1.29, 1.82) is 0 Å². The van der Waals surface area contributed by atoms with Gasteiger partial charge in [0, 0.05) is 34.1 Å². The van der Waals surface area contributed by atoms with Gasteiger partial charge in [-0.1, -0.05) is 26.0 Å². The van der Waals surface area contributed by atoms with Gasteiger partial charge in [-0.05, 0) is 67.7 Å². The number of allylic oxidation sites excluding steroid dienone is 2. The van der Waals surface area contributed by atoms with Crippen LogP contribution in [0.1, 0.15) is 37.5 Å². The molecule has 3 N–H and O–H groups in total. The van der Waals surface area contributed by atoms with E-state index >= 15 is 4.39 Å². The van der Waals surface area contributed by atoms with Crippen molar-refractivity contribution in [3.63, 3.8) is 0 Å². The molecule has 41 heavy (non-hydrogen) atoms. The maximum atomic E-state index is 16.3. The van der Waals surface area contributed by atoms with Crippen molar-refractivity contribution in [3.05, 3.63) is 84.5 Å². The predicted molar refractivity (Wildman–Crippen MR) is 165 cm³/mol. The van der Waals surface area contributed by atoms with Crippen LogP contribution in [0.4, 0.5) is 10.1 Å². The Labute approximate surface area is 240 Å². The second-order valence-electron chi connectivity index (χ2n) is 10.6. The van der Waals surface area contributed by atoms with Gasteiger partial charge in [0.1, 0.15) is 22.7 Å². The highest BCUT2D eigenvalue weighted by Crippen LogP contribution is 2.37. The summed E-state index contributed by atoms with van der Waals surface area (Å²) in [4.78, 5) is 19.3. The number of imidazole rings is 1. The maximum Gasteiger partial charge on any atom is 0.159 e. The molecule has 0 radical (unpaired) electrons. The molecule has 0 atom stereocenters. The van der Waals surface area contributed by atoms with Crippen LogP contribution in [0.25, 0.3) is 60.7 Å².